The van der Waals surface area contributed by atoms with Crippen LogP contribution in [0.15, 0.2) is 52.1 Å². The largest absolute Gasteiger partial charge is 0.369 e. The molecule has 1 amide bonds. The fraction of sp³-hybridized carbons (Fsp3) is 0.400. The van der Waals surface area contributed by atoms with Gasteiger partial charge in [-0.2, -0.15) is 0 Å². The Bertz CT molecular complexity index is 1290. The summed E-state index contributed by atoms with van der Waals surface area (Å²) < 4.78 is 2.58. The molecule has 1 aliphatic heterocycles. The van der Waals surface area contributed by atoms with Gasteiger partial charge in [-0.05, 0) is 43.2 Å². The maximum Gasteiger partial charge on any atom is 0.317 e. The zero-order valence-electron chi connectivity index (χ0n) is 19.5. The highest BCUT2D eigenvalue weighted by Crippen LogP contribution is 2.23. The molecule has 174 valence electrons. The third-order valence-electron chi connectivity index (χ3n) is 6.61. The molecule has 33 heavy (non-hydrogen) atoms. The maximum absolute atomic E-state index is 12.5. The number of benzene rings is 2. The highest BCUT2D eigenvalue weighted by atomic mass is 16.2. The Labute approximate surface area is 193 Å². The van der Waals surface area contributed by atoms with Crippen LogP contribution < -0.4 is 21.3 Å². The number of para-hydroxylation sites is 2. The molecule has 0 radical (unpaired) electrons. The molecule has 0 saturated carbocycles. The molecule has 8 heteroatoms. The molecule has 1 fully saturated rings. The molecular formula is C25H31N5O3. The second-order valence-electron chi connectivity index (χ2n) is 8.64. The van der Waals surface area contributed by atoms with Crippen molar-refractivity contribution in [2.75, 3.05) is 44.2 Å². The van der Waals surface area contributed by atoms with Gasteiger partial charge in [0.05, 0.1) is 11.0 Å². The van der Waals surface area contributed by atoms with Crippen molar-refractivity contribution in [3.8, 4) is 0 Å². The molecule has 1 aromatic heterocycles. The molecule has 4 rings (SSSR count). The summed E-state index contributed by atoms with van der Waals surface area (Å²) in [5.74, 6) is -0.274. The van der Waals surface area contributed by atoms with Gasteiger partial charge in [0.1, 0.15) is 6.54 Å². The van der Waals surface area contributed by atoms with Crippen LogP contribution in [0.1, 0.15) is 11.1 Å². The lowest BCUT2D eigenvalue weighted by atomic mass is 10.1. The Morgan fingerprint density at radius 3 is 2.33 bits per heavy atom. The molecule has 1 N–H and O–H groups in total. The maximum atomic E-state index is 12.5. The number of hydrogen-bond acceptors (Lipinski definition) is 5. The smallest absolute Gasteiger partial charge is 0.317 e. The number of anilines is 1. The molecule has 0 spiro atoms. The second kappa shape index (κ2) is 9.62. The van der Waals surface area contributed by atoms with E-state index >= 15 is 0 Å². The Kier molecular flexibility index (Phi) is 6.65. The molecule has 2 aromatic carbocycles. The number of nitrogens with zero attached hydrogens (tertiary/aromatic N) is 4. The van der Waals surface area contributed by atoms with Crippen LogP contribution in [0.4, 0.5) is 5.69 Å². The molecular weight excluding hydrogens is 418 g/mol. The Morgan fingerprint density at radius 1 is 0.909 bits per heavy atom. The summed E-state index contributed by atoms with van der Waals surface area (Å²) in [7, 11) is 1.57. The summed E-state index contributed by atoms with van der Waals surface area (Å²) >= 11 is 0. The number of aryl methyl sites for hydroxylation is 2. The normalized spacial score (nSPS) is 14.6. The van der Waals surface area contributed by atoms with E-state index in [0.717, 1.165) is 32.7 Å². The third kappa shape index (κ3) is 4.71. The average Bonchev–Trinajstić information content (AvgIpc) is 2.83. The summed E-state index contributed by atoms with van der Waals surface area (Å²) in [4.78, 5) is 42.1. The molecule has 0 unspecified atom stereocenters. The number of piperazine rings is 1. The monoisotopic (exact) mass is 449 g/mol. The average molecular weight is 450 g/mol. The summed E-state index contributed by atoms with van der Waals surface area (Å²) in [6.07, 6.45) is 0. The Hall–Kier alpha value is -3.39. The van der Waals surface area contributed by atoms with Gasteiger partial charge in [0.25, 0.3) is 0 Å². The number of amides is 1. The third-order valence-corrected chi connectivity index (χ3v) is 6.61. The number of fused-ring (bicyclic) bond motifs is 1. The van der Waals surface area contributed by atoms with Crippen molar-refractivity contribution in [1.82, 2.24) is 19.4 Å². The molecule has 8 nitrogen and oxygen atoms in total. The van der Waals surface area contributed by atoms with Gasteiger partial charge in [-0.1, -0.05) is 24.3 Å². The van der Waals surface area contributed by atoms with E-state index in [1.54, 1.807) is 31.3 Å². The van der Waals surface area contributed by atoms with E-state index in [4.69, 9.17) is 0 Å². The number of aromatic nitrogens is 2. The Balaban J connectivity index is 1.31. The molecule has 1 saturated heterocycles. The van der Waals surface area contributed by atoms with Gasteiger partial charge in [0.2, 0.25) is 5.91 Å². The number of carbonyl (C=O) groups excluding carboxylic acids is 1. The summed E-state index contributed by atoms with van der Waals surface area (Å²) in [6.45, 7) is 9.16. The first kappa shape index (κ1) is 22.8. The quantitative estimate of drug-likeness (QED) is 0.573. The summed E-state index contributed by atoms with van der Waals surface area (Å²) in [5.41, 5.74) is 3.81. The van der Waals surface area contributed by atoms with E-state index in [0.29, 0.717) is 17.6 Å². The van der Waals surface area contributed by atoms with Crippen LogP contribution in [-0.2, 0) is 18.4 Å². The number of rotatable bonds is 6. The molecule has 0 aliphatic carbocycles. The Morgan fingerprint density at radius 2 is 1.61 bits per heavy atom. The minimum Gasteiger partial charge on any atom is -0.369 e. The van der Waals surface area contributed by atoms with Crippen molar-refractivity contribution >= 4 is 22.6 Å². The number of carbonyl (C=O) groups is 1. The highest BCUT2D eigenvalue weighted by Gasteiger charge is 2.19. The van der Waals surface area contributed by atoms with Gasteiger partial charge in [0.15, 0.2) is 0 Å². The predicted molar refractivity (Wildman–Crippen MR) is 131 cm³/mol. The van der Waals surface area contributed by atoms with Crippen molar-refractivity contribution in [3.63, 3.8) is 0 Å². The zero-order valence-corrected chi connectivity index (χ0v) is 19.5. The first-order valence-electron chi connectivity index (χ1n) is 11.4. The van der Waals surface area contributed by atoms with Crippen LogP contribution in [0, 0.1) is 13.8 Å². The van der Waals surface area contributed by atoms with E-state index in [-0.39, 0.29) is 12.5 Å². The molecule has 0 bridgehead atoms. The number of hydrogen-bond donors (Lipinski definition) is 1. The standard InChI is InChI=1S/C25H31N5O3/c1-18-7-6-10-20(19(18)2)29-15-13-28(14-16-29)12-11-26-23(31)17-30-22-9-5-4-8-21(22)27(3)24(32)25(30)33/h4-10H,11-17H2,1-3H3,(H,26,31). The van der Waals surface area contributed by atoms with Crippen LogP contribution in [0.2, 0.25) is 0 Å². The lowest BCUT2D eigenvalue weighted by Gasteiger charge is -2.37. The van der Waals surface area contributed by atoms with Crippen molar-refractivity contribution in [1.29, 1.82) is 0 Å². The predicted octanol–water partition coefficient (Wildman–Crippen LogP) is 1.26. The molecule has 3 aromatic rings. The topological polar surface area (TPSA) is 79.6 Å². The van der Waals surface area contributed by atoms with E-state index in [2.05, 4.69) is 47.2 Å². The second-order valence-corrected chi connectivity index (χ2v) is 8.64. The lowest BCUT2D eigenvalue weighted by Crippen LogP contribution is -2.49. The summed E-state index contributed by atoms with van der Waals surface area (Å²) in [6, 6.07) is 13.5. The van der Waals surface area contributed by atoms with Gasteiger partial charge in [-0.3, -0.25) is 23.9 Å². The van der Waals surface area contributed by atoms with E-state index in [1.807, 2.05) is 0 Å². The van der Waals surface area contributed by atoms with Crippen LogP contribution in [0.25, 0.3) is 11.0 Å². The minimum absolute atomic E-state index is 0.171. The van der Waals surface area contributed by atoms with E-state index in [1.165, 1.54) is 25.9 Å². The van der Waals surface area contributed by atoms with Crippen molar-refractivity contribution in [2.45, 2.75) is 20.4 Å². The van der Waals surface area contributed by atoms with Gasteiger partial charge < -0.3 is 14.8 Å². The minimum atomic E-state index is -0.686. The van der Waals surface area contributed by atoms with Gasteiger partial charge >= 0.3 is 11.1 Å². The molecule has 2 heterocycles. The highest BCUT2D eigenvalue weighted by molar-refractivity contribution is 5.80. The number of nitrogens with one attached hydrogen (secondary N) is 1. The van der Waals surface area contributed by atoms with Crippen LogP contribution in [0.5, 0.6) is 0 Å². The molecule has 0 atom stereocenters. The lowest BCUT2D eigenvalue weighted by molar-refractivity contribution is -0.121. The van der Waals surface area contributed by atoms with Crippen LogP contribution >= 0.6 is 0 Å². The van der Waals surface area contributed by atoms with E-state index < -0.39 is 11.1 Å². The summed E-state index contributed by atoms with van der Waals surface area (Å²) in [5, 5.41) is 2.90. The van der Waals surface area contributed by atoms with Gasteiger partial charge in [-0.15, -0.1) is 0 Å². The van der Waals surface area contributed by atoms with Gasteiger partial charge in [0, 0.05) is 52.0 Å². The van der Waals surface area contributed by atoms with Gasteiger partial charge in [-0.25, -0.2) is 0 Å². The van der Waals surface area contributed by atoms with Crippen molar-refractivity contribution in [2.24, 2.45) is 7.05 Å². The van der Waals surface area contributed by atoms with Crippen LogP contribution in [-0.4, -0.2) is 59.2 Å². The SMILES string of the molecule is Cc1cccc(N2CCN(CCNC(=O)Cn3c(=O)c(=O)n(C)c4ccccc43)CC2)c1C. The van der Waals surface area contributed by atoms with Crippen molar-refractivity contribution in [3.05, 3.63) is 74.3 Å². The molecule has 1 aliphatic rings. The zero-order chi connectivity index (χ0) is 23.5. The van der Waals surface area contributed by atoms with E-state index in [9.17, 15) is 14.4 Å². The first-order valence-corrected chi connectivity index (χ1v) is 11.4. The fourth-order valence-electron chi connectivity index (χ4n) is 4.45. The fourth-order valence-corrected chi connectivity index (χ4v) is 4.45. The van der Waals surface area contributed by atoms with Crippen LogP contribution in [0.3, 0.4) is 0 Å². The first-order chi connectivity index (χ1) is 15.9. The van der Waals surface area contributed by atoms with Crippen molar-refractivity contribution < 1.29 is 4.79 Å².